The summed E-state index contributed by atoms with van der Waals surface area (Å²) in [5, 5.41) is 13.6. The van der Waals surface area contributed by atoms with Gasteiger partial charge < -0.3 is 15.3 Å². The van der Waals surface area contributed by atoms with Crippen molar-refractivity contribution < 1.29 is 14.7 Å². The first kappa shape index (κ1) is 20.0. The van der Waals surface area contributed by atoms with Gasteiger partial charge in [0.05, 0.1) is 5.41 Å². The van der Waals surface area contributed by atoms with Crippen LogP contribution in [0.3, 0.4) is 0 Å². The van der Waals surface area contributed by atoms with Crippen LogP contribution in [0, 0.1) is 5.92 Å². The van der Waals surface area contributed by atoms with Crippen molar-refractivity contribution in [2.75, 3.05) is 18.4 Å². The van der Waals surface area contributed by atoms with Gasteiger partial charge in [0.1, 0.15) is 0 Å². The Hall–Kier alpha value is -2.24. The standard InChI is InChI=1S/C22H22Cl2N2O3/c23-16-5-1-3-14(11-16)13-22(15-4-2-9-26(10-8-15)21(28)29)18-7-6-17(24)12-19(18)25-20(22)27/h1,3,5-7,11-12,15H,2,4,8-10,13H2,(H,25,27)(H,28,29). The van der Waals surface area contributed by atoms with Crippen molar-refractivity contribution in [3.63, 3.8) is 0 Å². The van der Waals surface area contributed by atoms with Crippen molar-refractivity contribution in [3.8, 4) is 0 Å². The summed E-state index contributed by atoms with van der Waals surface area (Å²) in [7, 11) is 0. The molecule has 152 valence electrons. The fourth-order valence-electron chi connectivity index (χ4n) is 4.84. The Morgan fingerprint density at radius 3 is 2.69 bits per heavy atom. The lowest BCUT2D eigenvalue weighted by Gasteiger charge is -2.36. The number of amides is 2. The first-order valence-electron chi connectivity index (χ1n) is 9.74. The molecule has 2 amide bonds. The molecule has 0 saturated carbocycles. The molecule has 2 atom stereocenters. The molecule has 4 rings (SSSR count). The van der Waals surface area contributed by atoms with Crippen LogP contribution in [0.4, 0.5) is 10.5 Å². The predicted molar refractivity (Wildman–Crippen MR) is 114 cm³/mol. The van der Waals surface area contributed by atoms with E-state index in [0.717, 1.165) is 29.7 Å². The monoisotopic (exact) mass is 432 g/mol. The third-order valence-corrected chi connectivity index (χ3v) is 6.65. The molecule has 0 spiro atoms. The van der Waals surface area contributed by atoms with E-state index in [1.54, 1.807) is 6.07 Å². The molecule has 2 aliphatic rings. The maximum Gasteiger partial charge on any atom is 0.407 e. The van der Waals surface area contributed by atoms with Crippen molar-refractivity contribution in [2.24, 2.45) is 5.92 Å². The second-order valence-corrected chi connectivity index (χ2v) is 8.69. The summed E-state index contributed by atoms with van der Waals surface area (Å²) in [6.45, 7) is 0.918. The fraction of sp³-hybridized carbons (Fsp3) is 0.364. The zero-order valence-corrected chi connectivity index (χ0v) is 17.3. The highest BCUT2D eigenvalue weighted by Gasteiger charge is 2.52. The van der Waals surface area contributed by atoms with Gasteiger partial charge in [-0.3, -0.25) is 4.79 Å². The number of fused-ring (bicyclic) bond motifs is 1. The zero-order chi connectivity index (χ0) is 20.6. The van der Waals surface area contributed by atoms with Crippen molar-refractivity contribution >= 4 is 40.9 Å². The average Bonchev–Trinajstić information content (AvgIpc) is 2.83. The van der Waals surface area contributed by atoms with Crippen molar-refractivity contribution in [3.05, 3.63) is 63.6 Å². The largest absolute Gasteiger partial charge is 0.465 e. The minimum absolute atomic E-state index is 0.00765. The molecule has 2 heterocycles. The van der Waals surface area contributed by atoms with Crippen LogP contribution in [0.1, 0.15) is 30.4 Å². The van der Waals surface area contributed by atoms with Crippen LogP contribution in [0.2, 0.25) is 10.0 Å². The predicted octanol–water partition coefficient (Wildman–Crippen LogP) is 5.21. The number of hydrogen-bond acceptors (Lipinski definition) is 2. The quantitative estimate of drug-likeness (QED) is 0.699. The number of carbonyl (C=O) groups is 2. The molecule has 2 aromatic carbocycles. The van der Waals surface area contributed by atoms with E-state index in [0.29, 0.717) is 36.0 Å². The van der Waals surface area contributed by atoms with E-state index in [9.17, 15) is 14.7 Å². The van der Waals surface area contributed by atoms with Crippen molar-refractivity contribution in [2.45, 2.75) is 31.1 Å². The van der Waals surface area contributed by atoms with Gasteiger partial charge in [0.2, 0.25) is 5.91 Å². The summed E-state index contributed by atoms with van der Waals surface area (Å²) in [6, 6.07) is 13.1. The van der Waals surface area contributed by atoms with Gasteiger partial charge in [0, 0.05) is 28.8 Å². The number of anilines is 1. The fourth-order valence-corrected chi connectivity index (χ4v) is 5.22. The molecule has 0 bridgehead atoms. The zero-order valence-electron chi connectivity index (χ0n) is 15.8. The van der Waals surface area contributed by atoms with Crippen molar-refractivity contribution in [1.82, 2.24) is 4.90 Å². The number of nitrogens with zero attached hydrogens (tertiary/aromatic N) is 1. The number of nitrogens with one attached hydrogen (secondary N) is 1. The Morgan fingerprint density at radius 2 is 1.93 bits per heavy atom. The van der Waals surface area contributed by atoms with E-state index >= 15 is 0 Å². The summed E-state index contributed by atoms with van der Waals surface area (Å²) in [6.07, 6.45) is 1.73. The van der Waals surface area contributed by atoms with Gasteiger partial charge in [-0.2, -0.15) is 0 Å². The Morgan fingerprint density at radius 1 is 1.14 bits per heavy atom. The van der Waals surface area contributed by atoms with Gasteiger partial charge in [-0.1, -0.05) is 41.4 Å². The molecular weight excluding hydrogens is 411 g/mol. The molecule has 2 aliphatic heterocycles. The minimum atomic E-state index is -0.905. The highest BCUT2D eigenvalue weighted by molar-refractivity contribution is 6.31. The smallest absolute Gasteiger partial charge is 0.407 e. The third-order valence-electron chi connectivity index (χ3n) is 6.18. The Bertz CT molecular complexity index is 965. The normalized spacial score (nSPS) is 24.0. The molecule has 7 heteroatoms. The van der Waals surface area contributed by atoms with Gasteiger partial charge in [0.15, 0.2) is 0 Å². The Balaban J connectivity index is 1.78. The lowest BCUT2D eigenvalue weighted by molar-refractivity contribution is -0.123. The number of carboxylic acid groups (broad SMARTS) is 1. The lowest BCUT2D eigenvalue weighted by atomic mass is 9.65. The highest BCUT2D eigenvalue weighted by Crippen LogP contribution is 2.49. The molecule has 2 N–H and O–H groups in total. The number of halogens is 2. The van der Waals surface area contributed by atoms with E-state index in [2.05, 4.69) is 5.32 Å². The number of hydrogen-bond donors (Lipinski definition) is 2. The second-order valence-electron chi connectivity index (χ2n) is 7.82. The van der Waals surface area contributed by atoms with E-state index in [1.165, 1.54) is 4.90 Å². The van der Waals surface area contributed by atoms with Gasteiger partial charge in [-0.05, 0) is 67.0 Å². The van der Waals surface area contributed by atoms with Gasteiger partial charge in [-0.15, -0.1) is 0 Å². The summed E-state index contributed by atoms with van der Waals surface area (Å²) >= 11 is 12.4. The lowest BCUT2D eigenvalue weighted by Crippen LogP contribution is -2.44. The van der Waals surface area contributed by atoms with Gasteiger partial charge in [0.25, 0.3) is 0 Å². The maximum atomic E-state index is 13.5. The molecule has 29 heavy (non-hydrogen) atoms. The third kappa shape index (κ3) is 3.69. The van der Waals surface area contributed by atoms with Gasteiger partial charge >= 0.3 is 6.09 Å². The number of likely N-dealkylation sites (tertiary alicyclic amines) is 1. The number of carbonyl (C=O) groups excluding carboxylic acids is 1. The first-order chi connectivity index (χ1) is 13.9. The topological polar surface area (TPSA) is 69.6 Å². The molecule has 1 saturated heterocycles. The van der Waals surface area contributed by atoms with Crippen LogP contribution >= 0.6 is 23.2 Å². The summed E-state index contributed by atoms with van der Waals surface area (Å²) in [5.41, 5.74) is 1.87. The molecule has 1 fully saturated rings. The van der Waals surface area contributed by atoms with E-state index in [-0.39, 0.29) is 11.8 Å². The summed E-state index contributed by atoms with van der Waals surface area (Å²) < 4.78 is 0. The highest BCUT2D eigenvalue weighted by atomic mass is 35.5. The van der Waals surface area contributed by atoms with Crippen LogP contribution in [0.15, 0.2) is 42.5 Å². The van der Waals surface area contributed by atoms with Crippen LogP contribution in [0.5, 0.6) is 0 Å². The average molecular weight is 433 g/mol. The van der Waals surface area contributed by atoms with Crippen LogP contribution < -0.4 is 5.32 Å². The van der Waals surface area contributed by atoms with E-state index < -0.39 is 11.5 Å². The van der Waals surface area contributed by atoms with Crippen LogP contribution in [0.25, 0.3) is 0 Å². The number of rotatable bonds is 3. The summed E-state index contributed by atoms with van der Waals surface area (Å²) in [4.78, 5) is 26.4. The van der Waals surface area contributed by atoms with Crippen LogP contribution in [-0.2, 0) is 16.6 Å². The second kappa shape index (κ2) is 7.88. The first-order valence-corrected chi connectivity index (χ1v) is 10.5. The van der Waals surface area contributed by atoms with Gasteiger partial charge in [-0.25, -0.2) is 4.79 Å². The Labute approximate surface area is 179 Å². The Kier molecular flexibility index (Phi) is 5.45. The molecule has 5 nitrogen and oxygen atoms in total. The molecule has 2 unspecified atom stereocenters. The summed E-state index contributed by atoms with van der Waals surface area (Å²) in [5.74, 6) is -0.0447. The van der Waals surface area contributed by atoms with Crippen molar-refractivity contribution in [1.29, 1.82) is 0 Å². The van der Waals surface area contributed by atoms with E-state index in [4.69, 9.17) is 23.2 Å². The molecule has 0 aliphatic carbocycles. The van der Waals surface area contributed by atoms with E-state index in [1.807, 2.05) is 36.4 Å². The maximum absolute atomic E-state index is 13.5. The molecule has 0 radical (unpaired) electrons. The molecule has 2 aromatic rings. The molecular formula is C22H22Cl2N2O3. The van der Waals surface area contributed by atoms with Crippen LogP contribution in [-0.4, -0.2) is 35.1 Å². The SMILES string of the molecule is O=C(O)N1CCCC(C2(Cc3cccc(Cl)c3)C(=O)Nc3cc(Cl)ccc32)CC1. The minimum Gasteiger partial charge on any atom is -0.465 e. The number of benzene rings is 2. The molecule has 0 aromatic heterocycles.